The van der Waals surface area contributed by atoms with Crippen LogP contribution in [0.1, 0.15) is 32.8 Å². The van der Waals surface area contributed by atoms with Crippen molar-refractivity contribution in [3.63, 3.8) is 0 Å². The first-order chi connectivity index (χ1) is 14.3. The van der Waals surface area contributed by atoms with Crippen LogP contribution in [0.25, 0.3) is 6.08 Å². The SMILES string of the molecule is CCOc1cc(/C=C2/SC(=S)N(c3ccc(F)c(Cl)c3)C2=O)ccc1O[C@@H](C)CC. The fourth-order valence-electron chi connectivity index (χ4n) is 2.75. The highest BCUT2D eigenvalue weighted by Crippen LogP contribution is 2.38. The van der Waals surface area contributed by atoms with E-state index in [0.29, 0.717) is 33.0 Å². The van der Waals surface area contributed by atoms with Crippen LogP contribution >= 0.6 is 35.6 Å². The lowest BCUT2D eigenvalue weighted by Crippen LogP contribution is -2.27. The van der Waals surface area contributed by atoms with E-state index >= 15 is 0 Å². The highest BCUT2D eigenvalue weighted by Gasteiger charge is 2.33. The Labute approximate surface area is 190 Å². The summed E-state index contributed by atoms with van der Waals surface area (Å²) in [5.41, 5.74) is 1.21. The molecule has 0 aliphatic carbocycles. The van der Waals surface area contributed by atoms with E-state index in [-0.39, 0.29) is 17.0 Å². The van der Waals surface area contributed by atoms with Gasteiger partial charge in [0.25, 0.3) is 5.91 Å². The number of carbonyl (C=O) groups excluding carboxylic acids is 1. The van der Waals surface area contributed by atoms with Crippen molar-refractivity contribution in [2.24, 2.45) is 0 Å². The van der Waals surface area contributed by atoms with E-state index in [9.17, 15) is 9.18 Å². The molecule has 0 aromatic heterocycles. The van der Waals surface area contributed by atoms with Crippen molar-refractivity contribution in [3.05, 3.63) is 57.7 Å². The lowest BCUT2D eigenvalue weighted by molar-refractivity contribution is -0.113. The molecule has 1 amide bonds. The van der Waals surface area contributed by atoms with Crippen LogP contribution in [0.15, 0.2) is 41.3 Å². The van der Waals surface area contributed by atoms with Crippen LogP contribution in [-0.4, -0.2) is 22.9 Å². The molecule has 2 aromatic rings. The van der Waals surface area contributed by atoms with Crippen molar-refractivity contribution in [3.8, 4) is 11.5 Å². The Bertz CT molecular complexity index is 1010. The minimum Gasteiger partial charge on any atom is -0.490 e. The van der Waals surface area contributed by atoms with Crippen LogP contribution in [0, 0.1) is 5.82 Å². The van der Waals surface area contributed by atoms with E-state index in [2.05, 4.69) is 6.92 Å². The molecule has 0 radical (unpaired) electrons. The van der Waals surface area contributed by atoms with E-state index in [1.165, 1.54) is 34.9 Å². The molecule has 0 N–H and O–H groups in total. The third-order valence-electron chi connectivity index (χ3n) is 4.42. The standard InChI is InChI=1S/C22H21ClFNO3S2/c1-4-13(3)28-18-9-6-14(10-19(18)27-5-2)11-20-21(26)25(22(29)30-20)15-7-8-17(24)16(23)12-15/h6-13H,4-5H2,1-3H3/b20-11+/t13-/m0/s1. The number of halogens is 2. The van der Waals surface area contributed by atoms with Gasteiger partial charge in [0.2, 0.25) is 0 Å². The van der Waals surface area contributed by atoms with Crippen LogP contribution in [0.5, 0.6) is 11.5 Å². The number of rotatable bonds is 7. The molecule has 1 fully saturated rings. The smallest absolute Gasteiger partial charge is 0.270 e. The summed E-state index contributed by atoms with van der Waals surface area (Å²) >= 11 is 12.4. The van der Waals surface area contributed by atoms with Gasteiger partial charge < -0.3 is 9.47 Å². The summed E-state index contributed by atoms with van der Waals surface area (Å²) in [7, 11) is 0. The van der Waals surface area contributed by atoms with E-state index in [4.69, 9.17) is 33.3 Å². The van der Waals surface area contributed by atoms with E-state index in [1.54, 1.807) is 6.08 Å². The predicted molar refractivity (Wildman–Crippen MR) is 125 cm³/mol. The molecule has 3 rings (SSSR count). The summed E-state index contributed by atoms with van der Waals surface area (Å²) in [5.74, 6) is 0.444. The zero-order valence-electron chi connectivity index (χ0n) is 16.8. The van der Waals surface area contributed by atoms with Crippen molar-refractivity contribution in [1.29, 1.82) is 0 Å². The average molecular weight is 466 g/mol. The molecule has 4 nitrogen and oxygen atoms in total. The van der Waals surface area contributed by atoms with Crippen molar-refractivity contribution in [1.82, 2.24) is 0 Å². The number of ether oxygens (including phenoxy) is 2. The number of amides is 1. The van der Waals surface area contributed by atoms with Gasteiger partial charge >= 0.3 is 0 Å². The van der Waals surface area contributed by atoms with Crippen molar-refractivity contribution < 1.29 is 18.7 Å². The quantitative estimate of drug-likeness (QED) is 0.346. The summed E-state index contributed by atoms with van der Waals surface area (Å²) in [6, 6.07) is 9.61. The zero-order chi connectivity index (χ0) is 21.8. The molecule has 0 bridgehead atoms. The highest BCUT2D eigenvalue weighted by molar-refractivity contribution is 8.27. The predicted octanol–water partition coefficient (Wildman–Crippen LogP) is 6.46. The summed E-state index contributed by atoms with van der Waals surface area (Å²) in [6.45, 7) is 6.44. The molecule has 0 spiro atoms. The van der Waals surface area contributed by atoms with Gasteiger partial charge in [-0.15, -0.1) is 0 Å². The molecule has 8 heteroatoms. The first-order valence-electron chi connectivity index (χ1n) is 9.50. The fourth-order valence-corrected chi connectivity index (χ4v) is 4.22. The molecule has 30 heavy (non-hydrogen) atoms. The van der Waals surface area contributed by atoms with Crippen LogP contribution in [0.2, 0.25) is 5.02 Å². The number of benzene rings is 2. The number of thiocarbonyl (C=S) groups is 1. The van der Waals surface area contributed by atoms with Gasteiger partial charge in [-0.2, -0.15) is 0 Å². The van der Waals surface area contributed by atoms with Gasteiger partial charge in [-0.05, 0) is 62.2 Å². The minimum atomic E-state index is -0.551. The fraction of sp³-hybridized carbons (Fsp3) is 0.273. The Balaban J connectivity index is 1.89. The molecule has 158 valence electrons. The Morgan fingerprint density at radius 2 is 2.00 bits per heavy atom. The number of nitrogens with zero attached hydrogens (tertiary/aromatic N) is 1. The summed E-state index contributed by atoms with van der Waals surface area (Å²) < 4.78 is 25.5. The Kier molecular flexibility index (Phi) is 7.39. The van der Waals surface area contributed by atoms with E-state index in [0.717, 1.165) is 12.0 Å². The maximum absolute atomic E-state index is 13.5. The molecule has 0 unspecified atom stereocenters. The van der Waals surface area contributed by atoms with Crippen LogP contribution in [0.3, 0.4) is 0 Å². The first-order valence-corrected chi connectivity index (χ1v) is 11.1. The van der Waals surface area contributed by atoms with Gasteiger partial charge in [-0.1, -0.05) is 48.6 Å². The number of thioether (sulfide) groups is 1. The topological polar surface area (TPSA) is 38.8 Å². The van der Waals surface area contributed by atoms with Crippen molar-refractivity contribution in [2.75, 3.05) is 11.5 Å². The van der Waals surface area contributed by atoms with E-state index < -0.39 is 5.82 Å². The number of carbonyl (C=O) groups is 1. The maximum Gasteiger partial charge on any atom is 0.270 e. The Hall–Kier alpha value is -2.09. The van der Waals surface area contributed by atoms with Gasteiger partial charge in [-0.3, -0.25) is 9.69 Å². The summed E-state index contributed by atoms with van der Waals surface area (Å²) in [6.07, 6.45) is 2.69. The molecule has 1 atom stereocenters. The van der Waals surface area contributed by atoms with Crippen LogP contribution < -0.4 is 14.4 Å². The second-order valence-corrected chi connectivity index (χ2v) is 8.67. The largest absolute Gasteiger partial charge is 0.490 e. The van der Waals surface area contributed by atoms with Gasteiger partial charge in [0, 0.05) is 0 Å². The number of hydrogen-bond donors (Lipinski definition) is 0. The molecular formula is C22H21ClFNO3S2. The second kappa shape index (κ2) is 9.81. The molecule has 0 saturated carbocycles. The lowest BCUT2D eigenvalue weighted by atomic mass is 10.1. The molecular weight excluding hydrogens is 445 g/mol. The molecule has 1 heterocycles. The molecule has 1 aliphatic heterocycles. The van der Waals surface area contributed by atoms with Gasteiger partial charge in [0.15, 0.2) is 15.8 Å². The van der Waals surface area contributed by atoms with Crippen LogP contribution in [-0.2, 0) is 4.79 Å². The third-order valence-corrected chi connectivity index (χ3v) is 6.02. The van der Waals surface area contributed by atoms with Gasteiger partial charge in [0.05, 0.1) is 28.3 Å². The monoisotopic (exact) mass is 465 g/mol. The lowest BCUT2D eigenvalue weighted by Gasteiger charge is -2.16. The molecule has 1 aliphatic rings. The van der Waals surface area contributed by atoms with Crippen LogP contribution in [0.4, 0.5) is 10.1 Å². The highest BCUT2D eigenvalue weighted by atomic mass is 35.5. The maximum atomic E-state index is 13.5. The summed E-state index contributed by atoms with van der Waals surface area (Å²) in [4.78, 5) is 14.7. The van der Waals surface area contributed by atoms with Gasteiger partial charge in [-0.25, -0.2) is 4.39 Å². The minimum absolute atomic E-state index is 0.0637. The average Bonchev–Trinajstić information content (AvgIpc) is 2.99. The number of anilines is 1. The first kappa shape index (κ1) is 22.6. The van der Waals surface area contributed by atoms with Crippen molar-refractivity contribution in [2.45, 2.75) is 33.3 Å². The zero-order valence-corrected chi connectivity index (χ0v) is 19.2. The molecule has 2 aromatic carbocycles. The third kappa shape index (κ3) is 4.96. The van der Waals surface area contributed by atoms with Crippen molar-refractivity contribution >= 4 is 57.6 Å². The van der Waals surface area contributed by atoms with E-state index in [1.807, 2.05) is 32.0 Å². The second-order valence-electron chi connectivity index (χ2n) is 6.59. The Morgan fingerprint density at radius 3 is 2.67 bits per heavy atom. The molecule has 1 saturated heterocycles. The Morgan fingerprint density at radius 1 is 1.23 bits per heavy atom. The normalized spacial score (nSPS) is 16.3. The number of hydrogen-bond acceptors (Lipinski definition) is 5. The van der Waals surface area contributed by atoms with Gasteiger partial charge in [0.1, 0.15) is 5.82 Å². The summed E-state index contributed by atoms with van der Waals surface area (Å²) in [5, 5.41) is -0.0659.